The molecule has 0 amide bonds. The second-order valence-electron chi connectivity index (χ2n) is 16.0. The Balaban J connectivity index is 1.04. The molecule has 0 heterocycles. The number of hydrogen-bond donors (Lipinski definition) is 0. The van der Waals surface area contributed by atoms with E-state index >= 15 is 0 Å². The molecular formula is C61H43N. The summed E-state index contributed by atoms with van der Waals surface area (Å²) in [5.41, 5.74) is 20.1. The van der Waals surface area contributed by atoms with Gasteiger partial charge in [0.15, 0.2) is 0 Å². The molecule has 0 saturated carbocycles. The number of anilines is 3. The molecule has 292 valence electrons. The average Bonchev–Trinajstić information content (AvgIpc) is 3.66. The third-order valence-electron chi connectivity index (χ3n) is 12.6. The Hall–Kier alpha value is -8.00. The van der Waals surface area contributed by atoms with Gasteiger partial charge in [0.1, 0.15) is 0 Å². The van der Waals surface area contributed by atoms with Gasteiger partial charge in [0, 0.05) is 16.9 Å². The van der Waals surface area contributed by atoms with Crippen LogP contribution in [0.15, 0.2) is 261 Å². The summed E-state index contributed by atoms with van der Waals surface area (Å²) in [6, 6.07) is 95.1. The van der Waals surface area contributed by atoms with Gasteiger partial charge >= 0.3 is 0 Å². The molecule has 0 atom stereocenters. The van der Waals surface area contributed by atoms with E-state index in [1.54, 1.807) is 0 Å². The van der Waals surface area contributed by atoms with Crippen molar-refractivity contribution in [2.75, 3.05) is 4.90 Å². The monoisotopic (exact) mass is 789 g/mol. The first-order chi connectivity index (χ1) is 30.8. The van der Waals surface area contributed by atoms with Crippen molar-refractivity contribution in [1.82, 2.24) is 0 Å². The zero-order valence-electron chi connectivity index (χ0n) is 34.3. The zero-order chi connectivity index (χ0) is 41.3. The highest BCUT2D eigenvalue weighted by molar-refractivity contribution is 5.92. The molecule has 0 N–H and O–H groups in total. The van der Waals surface area contributed by atoms with E-state index in [0.717, 1.165) is 28.2 Å². The number of rotatable bonds is 9. The highest BCUT2D eigenvalue weighted by Crippen LogP contribution is 2.56. The van der Waals surface area contributed by atoms with Gasteiger partial charge in [-0.2, -0.15) is 0 Å². The molecule has 0 radical (unpaired) electrons. The second kappa shape index (κ2) is 15.9. The van der Waals surface area contributed by atoms with Crippen LogP contribution in [-0.2, 0) is 5.41 Å². The maximum absolute atomic E-state index is 2.45. The van der Waals surface area contributed by atoms with E-state index in [2.05, 4.69) is 266 Å². The minimum atomic E-state index is -0.444. The molecule has 0 saturated heterocycles. The molecule has 1 aliphatic rings. The molecule has 0 aliphatic heterocycles. The van der Waals surface area contributed by atoms with Crippen LogP contribution in [0.1, 0.15) is 22.3 Å². The van der Waals surface area contributed by atoms with Gasteiger partial charge in [-0.05, 0) is 109 Å². The van der Waals surface area contributed by atoms with E-state index in [9.17, 15) is 0 Å². The first-order valence-electron chi connectivity index (χ1n) is 21.4. The van der Waals surface area contributed by atoms with E-state index in [0.29, 0.717) is 0 Å². The lowest BCUT2D eigenvalue weighted by Crippen LogP contribution is -2.28. The molecule has 10 aromatic rings. The predicted molar refractivity (Wildman–Crippen MR) is 260 cm³/mol. The Morgan fingerprint density at radius 1 is 0.242 bits per heavy atom. The summed E-state index contributed by atoms with van der Waals surface area (Å²) >= 11 is 0. The lowest BCUT2D eigenvalue weighted by Gasteiger charge is -2.34. The van der Waals surface area contributed by atoms with Crippen LogP contribution in [0, 0.1) is 0 Å². The summed E-state index contributed by atoms with van der Waals surface area (Å²) in [5, 5.41) is 0. The van der Waals surface area contributed by atoms with Crippen LogP contribution in [0.25, 0.3) is 55.6 Å². The number of benzene rings is 10. The van der Waals surface area contributed by atoms with Crippen molar-refractivity contribution in [3.8, 4) is 55.6 Å². The van der Waals surface area contributed by atoms with Crippen molar-refractivity contribution in [3.63, 3.8) is 0 Å². The molecular weight excluding hydrogens is 747 g/mol. The Morgan fingerprint density at radius 2 is 0.629 bits per heavy atom. The summed E-state index contributed by atoms with van der Waals surface area (Å²) < 4.78 is 0. The van der Waals surface area contributed by atoms with Gasteiger partial charge in [0.25, 0.3) is 0 Å². The van der Waals surface area contributed by atoms with Crippen LogP contribution in [0.2, 0.25) is 0 Å². The summed E-state index contributed by atoms with van der Waals surface area (Å²) in [4.78, 5) is 2.40. The highest BCUT2D eigenvalue weighted by Gasteiger charge is 2.46. The van der Waals surface area contributed by atoms with Gasteiger partial charge in [0.2, 0.25) is 0 Å². The molecule has 1 nitrogen and oxygen atoms in total. The highest BCUT2D eigenvalue weighted by atomic mass is 15.1. The number of nitrogens with zero attached hydrogens (tertiary/aromatic N) is 1. The van der Waals surface area contributed by atoms with E-state index in [-0.39, 0.29) is 0 Å². The third kappa shape index (κ3) is 6.43. The molecule has 11 rings (SSSR count). The lowest BCUT2D eigenvalue weighted by atomic mass is 9.67. The Labute approximate surface area is 364 Å². The quantitative estimate of drug-likeness (QED) is 0.141. The topological polar surface area (TPSA) is 3.24 Å². The van der Waals surface area contributed by atoms with E-state index in [1.165, 1.54) is 66.8 Å². The summed E-state index contributed by atoms with van der Waals surface area (Å²) in [6.07, 6.45) is 0. The molecule has 0 spiro atoms. The van der Waals surface area contributed by atoms with E-state index < -0.39 is 5.41 Å². The van der Waals surface area contributed by atoms with Crippen LogP contribution in [0.3, 0.4) is 0 Å². The van der Waals surface area contributed by atoms with E-state index in [4.69, 9.17) is 0 Å². The molecule has 0 bridgehead atoms. The van der Waals surface area contributed by atoms with Gasteiger partial charge in [-0.15, -0.1) is 0 Å². The summed E-state index contributed by atoms with van der Waals surface area (Å²) in [6.45, 7) is 0. The van der Waals surface area contributed by atoms with Crippen LogP contribution in [0.4, 0.5) is 17.1 Å². The smallest absolute Gasteiger partial charge is 0.0713 e. The van der Waals surface area contributed by atoms with Gasteiger partial charge in [-0.25, -0.2) is 0 Å². The van der Waals surface area contributed by atoms with Crippen LogP contribution >= 0.6 is 0 Å². The zero-order valence-corrected chi connectivity index (χ0v) is 34.3. The average molecular weight is 790 g/mol. The van der Waals surface area contributed by atoms with Gasteiger partial charge in [-0.3, -0.25) is 0 Å². The van der Waals surface area contributed by atoms with Gasteiger partial charge < -0.3 is 4.90 Å². The molecule has 0 aromatic heterocycles. The fourth-order valence-electron chi connectivity index (χ4n) is 9.68. The minimum Gasteiger partial charge on any atom is -0.310 e. The lowest BCUT2D eigenvalue weighted by molar-refractivity contribution is 0.769. The largest absolute Gasteiger partial charge is 0.310 e. The Kier molecular flexibility index (Phi) is 9.48. The van der Waals surface area contributed by atoms with Crippen LogP contribution in [0.5, 0.6) is 0 Å². The number of fused-ring (bicyclic) bond motifs is 3. The van der Waals surface area contributed by atoms with Crippen molar-refractivity contribution in [3.05, 3.63) is 283 Å². The molecule has 1 aliphatic carbocycles. The van der Waals surface area contributed by atoms with Crippen molar-refractivity contribution < 1.29 is 0 Å². The van der Waals surface area contributed by atoms with Crippen LogP contribution in [-0.4, -0.2) is 0 Å². The third-order valence-corrected chi connectivity index (χ3v) is 12.6. The normalized spacial score (nSPS) is 12.3. The molecule has 62 heavy (non-hydrogen) atoms. The number of hydrogen-bond acceptors (Lipinski definition) is 1. The Morgan fingerprint density at radius 3 is 1.24 bits per heavy atom. The van der Waals surface area contributed by atoms with Crippen molar-refractivity contribution in [1.29, 1.82) is 0 Å². The SMILES string of the molecule is c1ccc(-c2ccc(N(c3ccccc3)c3cc(-c4ccccc4)ccc3-c3ccc(-c4ccc5c(c4)C(c4ccccc4)(c4ccccc4)c4ccccc4-5)cc3)cc2)cc1. The first kappa shape index (κ1) is 37.0. The number of para-hydroxylation sites is 1. The molecule has 0 unspecified atom stereocenters. The summed E-state index contributed by atoms with van der Waals surface area (Å²) in [5.74, 6) is 0. The van der Waals surface area contributed by atoms with Gasteiger partial charge in [-0.1, -0.05) is 224 Å². The molecule has 1 heteroatoms. The second-order valence-corrected chi connectivity index (χ2v) is 16.0. The van der Waals surface area contributed by atoms with Crippen molar-refractivity contribution >= 4 is 17.1 Å². The standard InChI is InChI=1S/C61H43N/c1-6-18-44(19-7-1)46-34-38-54(39-35-46)62(53-26-14-5-15-27-53)60-43-50(45-20-8-2-9-21-45)36-40-55(60)48-32-30-47(31-33-48)49-37-41-57-56-28-16-17-29-58(56)61(59(57)42-49,51-22-10-3-11-23-51)52-24-12-4-13-25-52/h1-43H. The minimum absolute atomic E-state index is 0.444. The maximum atomic E-state index is 2.45. The van der Waals surface area contributed by atoms with E-state index in [1.807, 2.05) is 0 Å². The maximum Gasteiger partial charge on any atom is 0.0713 e. The molecule has 0 fully saturated rings. The van der Waals surface area contributed by atoms with Crippen LogP contribution < -0.4 is 4.90 Å². The fraction of sp³-hybridized carbons (Fsp3) is 0.0164. The van der Waals surface area contributed by atoms with Crippen molar-refractivity contribution in [2.45, 2.75) is 5.41 Å². The first-order valence-corrected chi connectivity index (χ1v) is 21.4. The molecule has 10 aromatic carbocycles. The Bertz CT molecular complexity index is 3080. The fourth-order valence-corrected chi connectivity index (χ4v) is 9.68. The predicted octanol–water partition coefficient (Wildman–Crippen LogP) is 16.2. The van der Waals surface area contributed by atoms with Gasteiger partial charge in [0.05, 0.1) is 11.1 Å². The van der Waals surface area contributed by atoms with Crippen molar-refractivity contribution in [2.24, 2.45) is 0 Å². The summed E-state index contributed by atoms with van der Waals surface area (Å²) in [7, 11) is 0.